The van der Waals surface area contributed by atoms with Gasteiger partial charge < -0.3 is 20.7 Å². The SMILES string of the molecule is N#C/C(=C\C1CCNCC1)C(=O)N1CCC[C@H](n2nc(-c3ccc(Oc4ccccc4)cc3F)c3c(N)ncnc32)C1. The number of piperidine rings is 2. The van der Waals surface area contributed by atoms with E-state index in [4.69, 9.17) is 15.6 Å². The molecule has 0 saturated carbocycles. The molecular formula is C31H31FN8O2. The van der Waals surface area contributed by atoms with Gasteiger partial charge in [0.2, 0.25) is 0 Å². The highest BCUT2D eigenvalue weighted by Crippen LogP contribution is 2.36. The fourth-order valence-corrected chi connectivity index (χ4v) is 5.73. The van der Waals surface area contributed by atoms with Crippen LogP contribution in [0.15, 0.2) is 66.5 Å². The van der Waals surface area contributed by atoms with E-state index in [0.717, 1.165) is 38.8 Å². The number of nitrogens with zero attached hydrogens (tertiary/aromatic N) is 6. The van der Waals surface area contributed by atoms with Gasteiger partial charge in [-0.05, 0) is 69.0 Å². The maximum absolute atomic E-state index is 15.5. The number of aromatic nitrogens is 4. The summed E-state index contributed by atoms with van der Waals surface area (Å²) in [4.78, 5) is 23.7. The van der Waals surface area contributed by atoms with Crippen molar-refractivity contribution in [3.63, 3.8) is 0 Å². The fraction of sp³-hybridized carbons (Fsp3) is 0.323. The number of para-hydroxylation sites is 1. The summed E-state index contributed by atoms with van der Waals surface area (Å²) >= 11 is 0. The Balaban J connectivity index is 1.29. The third-order valence-electron chi connectivity index (χ3n) is 7.86. The lowest BCUT2D eigenvalue weighted by molar-refractivity contribution is -0.128. The van der Waals surface area contributed by atoms with Gasteiger partial charge in [-0.25, -0.2) is 19.0 Å². The standard InChI is InChI=1S/C31H31FN8O2/c32-26-16-24(42-23-6-2-1-3-7-23)8-9-25(26)28-27-29(34)36-19-37-30(27)40(38-28)22-5-4-14-39(18-22)31(41)21(17-33)15-20-10-12-35-13-11-20/h1-3,6-9,15-16,19-20,22,35H,4-5,10-14,18H2,(H2,34,36,37)/b21-15+/t22-/m0/s1. The third kappa shape index (κ3) is 5.53. The van der Waals surface area contributed by atoms with E-state index in [1.54, 1.807) is 33.8 Å². The number of carbonyl (C=O) groups excluding carboxylic acids is 1. The summed E-state index contributed by atoms with van der Waals surface area (Å²) < 4.78 is 23.0. The van der Waals surface area contributed by atoms with Crippen LogP contribution in [0.5, 0.6) is 11.5 Å². The summed E-state index contributed by atoms with van der Waals surface area (Å²) in [6.45, 7) is 2.64. The summed E-state index contributed by atoms with van der Waals surface area (Å²) in [6.07, 6.45) is 6.44. The minimum atomic E-state index is -0.527. The molecule has 0 bridgehead atoms. The van der Waals surface area contributed by atoms with Gasteiger partial charge >= 0.3 is 0 Å². The van der Waals surface area contributed by atoms with Crippen molar-refractivity contribution in [2.45, 2.75) is 31.7 Å². The molecule has 2 aliphatic rings. The van der Waals surface area contributed by atoms with Gasteiger partial charge in [0, 0.05) is 24.7 Å². The number of amides is 1. The predicted octanol–water partition coefficient (Wildman–Crippen LogP) is 4.62. The Morgan fingerprint density at radius 2 is 1.93 bits per heavy atom. The Labute approximate surface area is 242 Å². The first-order chi connectivity index (χ1) is 20.5. The minimum absolute atomic E-state index is 0.181. The molecule has 4 aromatic rings. The van der Waals surface area contributed by atoms with Crippen molar-refractivity contribution >= 4 is 22.8 Å². The molecule has 0 spiro atoms. The molecule has 1 atom stereocenters. The highest BCUT2D eigenvalue weighted by molar-refractivity contribution is 5.99. The molecule has 3 N–H and O–H groups in total. The van der Waals surface area contributed by atoms with Gasteiger partial charge in [0.05, 0.1) is 11.4 Å². The van der Waals surface area contributed by atoms with Gasteiger partial charge in [-0.3, -0.25) is 4.79 Å². The molecule has 0 aliphatic carbocycles. The van der Waals surface area contributed by atoms with Crippen LogP contribution >= 0.6 is 0 Å². The molecule has 10 nitrogen and oxygen atoms in total. The lowest BCUT2D eigenvalue weighted by Crippen LogP contribution is -2.41. The quantitative estimate of drug-likeness (QED) is 0.255. The van der Waals surface area contributed by atoms with E-state index in [2.05, 4.69) is 21.4 Å². The summed E-state index contributed by atoms with van der Waals surface area (Å²) in [7, 11) is 0. The molecule has 2 aromatic carbocycles. The van der Waals surface area contributed by atoms with Crippen molar-refractivity contribution in [3.8, 4) is 28.8 Å². The molecule has 2 fully saturated rings. The number of rotatable bonds is 6. The second-order valence-electron chi connectivity index (χ2n) is 10.6. The molecule has 2 aliphatic heterocycles. The number of fused-ring (bicyclic) bond motifs is 1. The van der Waals surface area contributed by atoms with Crippen LogP contribution in [0.2, 0.25) is 0 Å². The first kappa shape index (κ1) is 27.4. The lowest BCUT2D eigenvalue weighted by atomic mass is 9.95. The second-order valence-corrected chi connectivity index (χ2v) is 10.6. The number of allylic oxidation sites excluding steroid dienone is 1. The first-order valence-corrected chi connectivity index (χ1v) is 14.1. The van der Waals surface area contributed by atoms with Gasteiger partial charge in [0.1, 0.15) is 46.8 Å². The topological polar surface area (TPSA) is 135 Å². The van der Waals surface area contributed by atoms with Crippen molar-refractivity contribution in [1.82, 2.24) is 30.0 Å². The number of halogens is 1. The highest BCUT2D eigenvalue weighted by atomic mass is 19.1. The zero-order valence-electron chi connectivity index (χ0n) is 23.0. The molecule has 2 saturated heterocycles. The number of nitrogens with one attached hydrogen (secondary N) is 1. The molecule has 4 heterocycles. The number of benzene rings is 2. The van der Waals surface area contributed by atoms with Crippen molar-refractivity contribution in [2.75, 3.05) is 31.9 Å². The van der Waals surface area contributed by atoms with Crippen LogP contribution in [-0.4, -0.2) is 56.7 Å². The maximum atomic E-state index is 15.5. The van der Waals surface area contributed by atoms with E-state index in [1.807, 2.05) is 24.3 Å². The van der Waals surface area contributed by atoms with Gasteiger partial charge in [0.25, 0.3) is 5.91 Å². The van der Waals surface area contributed by atoms with Gasteiger partial charge in [-0.15, -0.1) is 0 Å². The number of anilines is 1. The number of ether oxygens (including phenoxy) is 1. The van der Waals surface area contributed by atoms with Crippen LogP contribution in [0, 0.1) is 23.1 Å². The van der Waals surface area contributed by atoms with E-state index < -0.39 is 5.82 Å². The number of hydrogen-bond acceptors (Lipinski definition) is 8. The molecule has 1 amide bonds. The fourth-order valence-electron chi connectivity index (χ4n) is 5.73. The Kier molecular flexibility index (Phi) is 7.79. The molecule has 2 aromatic heterocycles. The molecule has 0 radical (unpaired) electrons. The average Bonchev–Trinajstić information content (AvgIpc) is 3.41. The summed E-state index contributed by atoms with van der Waals surface area (Å²) in [5.74, 6) is 0.543. The Morgan fingerprint density at radius 3 is 2.69 bits per heavy atom. The normalized spacial score (nSPS) is 18.1. The molecular weight excluding hydrogens is 535 g/mol. The van der Waals surface area contributed by atoms with Crippen LogP contribution < -0.4 is 15.8 Å². The van der Waals surface area contributed by atoms with Crippen molar-refractivity contribution in [3.05, 3.63) is 72.3 Å². The molecule has 6 rings (SSSR count). The minimum Gasteiger partial charge on any atom is -0.457 e. The van der Waals surface area contributed by atoms with Crippen molar-refractivity contribution in [2.24, 2.45) is 5.92 Å². The monoisotopic (exact) mass is 566 g/mol. The number of nitrogen functional groups attached to an aromatic ring is 1. The number of hydrogen-bond donors (Lipinski definition) is 2. The van der Waals surface area contributed by atoms with E-state index >= 15 is 4.39 Å². The van der Waals surface area contributed by atoms with Crippen LogP contribution in [0.4, 0.5) is 10.2 Å². The predicted molar refractivity (Wildman–Crippen MR) is 156 cm³/mol. The molecule has 0 unspecified atom stereocenters. The van der Waals surface area contributed by atoms with Gasteiger partial charge in [-0.1, -0.05) is 24.3 Å². The molecule has 214 valence electrons. The van der Waals surface area contributed by atoms with Gasteiger partial charge in [0.15, 0.2) is 5.65 Å². The van der Waals surface area contributed by atoms with Gasteiger partial charge in [-0.2, -0.15) is 10.4 Å². The van der Waals surface area contributed by atoms with E-state index in [-0.39, 0.29) is 34.8 Å². The Hall–Kier alpha value is -4.82. The van der Waals surface area contributed by atoms with E-state index in [9.17, 15) is 10.1 Å². The largest absolute Gasteiger partial charge is 0.457 e. The van der Waals surface area contributed by atoms with E-state index in [0.29, 0.717) is 41.3 Å². The summed E-state index contributed by atoms with van der Waals surface area (Å²) in [5.41, 5.74) is 7.48. The highest BCUT2D eigenvalue weighted by Gasteiger charge is 2.31. The van der Waals surface area contributed by atoms with Crippen LogP contribution in [0.3, 0.4) is 0 Å². The van der Waals surface area contributed by atoms with Crippen LogP contribution in [0.1, 0.15) is 31.7 Å². The van der Waals surface area contributed by atoms with Crippen molar-refractivity contribution < 1.29 is 13.9 Å². The second kappa shape index (κ2) is 12.0. The number of carbonyl (C=O) groups is 1. The zero-order chi connectivity index (χ0) is 29.1. The van der Waals surface area contributed by atoms with Crippen LogP contribution in [-0.2, 0) is 4.79 Å². The smallest absolute Gasteiger partial charge is 0.264 e. The van der Waals surface area contributed by atoms with Crippen LogP contribution in [0.25, 0.3) is 22.3 Å². The van der Waals surface area contributed by atoms with Crippen molar-refractivity contribution in [1.29, 1.82) is 5.26 Å². The lowest BCUT2D eigenvalue weighted by Gasteiger charge is -2.33. The van der Waals surface area contributed by atoms with E-state index in [1.165, 1.54) is 12.4 Å². The third-order valence-corrected chi connectivity index (χ3v) is 7.86. The first-order valence-electron chi connectivity index (χ1n) is 14.1. The number of likely N-dealkylation sites (tertiary alicyclic amines) is 1. The molecule has 11 heteroatoms. The summed E-state index contributed by atoms with van der Waals surface area (Å²) in [6, 6.07) is 15.6. The Morgan fingerprint density at radius 1 is 1.12 bits per heavy atom. The zero-order valence-corrected chi connectivity index (χ0v) is 23.0. The maximum Gasteiger partial charge on any atom is 0.264 e. The molecule has 42 heavy (non-hydrogen) atoms. The Bertz CT molecular complexity index is 1670. The number of nitrogens with two attached hydrogens (primary N) is 1. The number of nitriles is 1. The average molecular weight is 567 g/mol. The summed E-state index contributed by atoms with van der Waals surface area (Å²) in [5, 5.41) is 18.3.